The van der Waals surface area contributed by atoms with Gasteiger partial charge in [-0.1, -0.05) is 20.8 Å². The molecule has 1 rings (SSSR count). The van der Waals surface area contributed by atoms with Gasteiger partial charge >= 0.3 is 5.97 Å². The van der Waals surface area contributed by atoms with Gasteiger partial charge in [0.2, 0.25) is 5.91 Å². The van der Waals surface area contributed by atoms with Gasteiger partial charge in [-0.15, -0.1) is 11.3 Å². The predicted molar refractivity (Wildman–Crippen MR) is 104 cm³/mol. The Labute approximate surface area is 168 Å². The number of ether oxygens (including phenoxy) is 1. The topological polar surface area (TPSA) is 123 Å². The van der Waals surface area contributed by atoms with Crippen molar-refractivity contribution in [3.05, 3.63) is 16.5 Å². The summed E-state index contributed by atoms with van der Waals surface area (Å²) in [6.45, 7) is 6.95. The van der Waals surface area contributed by atoms with Crippen molar-refractivity contribution in [3.8, 4) is 12.1 Å². The number of nitriles is 2. The van der Waals surface area contributed by atoms with Gasteiger partial charge in [0.05, 0.1) is 30.0 Å². The minimum Gasteiger partial charge on any atom is -0.451 e. The lowest BCUT2D eigenvalue weighted by molar-refractivity contribution is -0.134. The standard InChI is InChI=1S/C19H24N4O4S/c1-13-11-14(22-18(26)19(2,3)4)28-16(13)17(25)27-12-15(24)23(9-5-7-20)10-6-8-21/h11H,5-6,9-10,12H2,1-4H3,(H,22,26). The second kappa shape index (κ2) is 10.4. The third kappa shape index (κ3) is 7.01. The molecule has 0 unspecified atom stereocenters. The van der Waals surface area contributed by atoms with Gasteiger partial charge in [-0.25, -0.2) is 4.79 Å². The molecule has 0 atom stereocenters. The maximum atomic E-state index is 12.3. The summed E-state index contributed by atoms with van der Waals surface area (Å²) in [4.78, 5) is 38.2. The summed E-state index contributed by atoms with van der Waals surface area (Å²) in [7, 11) is 0. The highest BCUT2D eigenvalue weighted by molar-refractivity contribution is 7.18. The third-order valence-electron chi connectivity index (χ3n) is 3.69. The zero-order chi connectivity index (χ0) is 21.3. The zero-order valence-corrected chi connectivity index (χ0v) is 17.3. The van der Waals surface area contributed by atoms with E-state index in [0.717, 1.165) is 11.3 Å². The lowest BCUT2D eigenvalue weighted by atomic mass is 9.96. The van der Waals surface area contributed by atoms with E-state index in [4.69, 9.17) is 15.3 Å². The van der Waals surface area contributed by atoms with Crippen LogP contribution in [0.5, 0.6) is 0 Å². The number of carbonyl (C=O) groups is 3. The fraction of sp³-hybridized carbons (Fsp3) is 0.526. The number of rotatable bonds is 8. The molecule has 0 aromatic carbocycles. The van der Waals surface area contributed by atoms with Gasteiger partial charge in [-0.05, 0) is 18.6 Å². The minimum absolute atomic E-state index is 0.131. The zero-order valence-electron chi connectivity index (χ0n) is 16.5. The lowest BCUT2D eigenvalue weighted by Gasteiger charge is -2.20. The SMILES string of the molecule is Cc1cc(NC(=O)C(C)(C)C)sc1C(=O)OCC(=O)N(CCC#N)CCC#N. The first kappa shape index (κ1) is 23.1. The molecule has 0 aliphatic heterocycles. The van der Waals surface area contributed by atoms with E-state index in [9.17, 15) is 14.4 Å². The number of amides is 2. The van der Waals surface area contributed by atoms with E-state index in [-0.39, 0.29) is 31.8 Å². The van der Waals surface area contributed by atoms with Crippen LogP contribution in [0.1, 0.15) is 48.8 Å². The first-order valence-corrected chi connectivity index (χ1v) is 9.52. The van der Waals surface area contributed by atoms with Gasteiger partial charge in [-0.2, -0.15) is 10.5 Å². The summed E-state index contributed by atoms with van der Waals surface area (Å²) in [5, 5.41) is 20.6. The first-order valence-electron chi connectivity index (χ1n) is 8.70. The molecule has 0 aliphatic rings. The van der Waals surface area contributed by atoms with Crippen molar-refractivity contribution in [2.45, 2.75) is 40.5 Å². The summed E-state index contributed by atoms with van der Waals surface area (Å²) in [6, 6.07) is 5.56. The number of anilines is 1. The average Bonchev–Trinajstić information content (AvgIpc) is 2.99. The van der Waals surface area contributed by atoms with Crippen LogP contribution in [0.15, 0.2) is 6.07 Å². The van der Waals surface area contributed by atoms with Crippen LogP contribution >= 0.6 is 11.3 Å². The molecule has 1 N–H and O–H groups in total. The molecule has 0 radical (unpaired) electrons. The van der Waals surface area contributed by atoms with Crippen molar-refractivity contribution >= 4 is 34.1 Å². The molecule has 0 fully saturated rings. The predicted octanol–water partition coefficient (Wildman–Crippen LogP) is 2.85. The highest BCUT2D eigenvalue weighted by atomic mass is 32.1. The summed E-state index contributed by atoms with van der Waals surface area (Å²) in [5.41, 5.74) is 0.0684. The molecule has 0 spiro atoms. The van der Waals surface area contributed by atoms with E-state index < -0.39 is 23.9 Å². The Morgan fingerprint density at radius 3 is 2.25 bits per heavy atom. The van der Waals surface area contributed by atoms with Crippen molar-refractivity contribution in [3.63, 3.8) is 0 Å². The number of nitrogens with one attached hydrogen (secondary N) is 1. The molecule has 0 bridgehead atoms. The van der Waals surface area contributed by atoms with Crippen LogP contribution in [0.4, 0.5) is 5.00 Å². The molecule has 9 heteroatoms. The number of hydrogen-bond donors (Lipinski definition) is 1. The molecule has 150 valence electrons. The minimum atomic E-state index is -0.660. The maximum absolute atomic E-state index is 12.3. The first-order chi connectivity index (χ1) is 13.1. The van der Waals surface area contributed by atoms with Crippen molar-refractivity contribution in [1.29, 1.82) is 10.5 Å². The van der Waals surface area contributed by atoms with Crippen LogP contribution in [0.25, 0.3) is 0 Å². The van der Waals surface area contributed by atoms with Gasteiger partial charge in [0.1, 0.15) is 4.88 Å². The maximum Gasteiger partial charge on any atom is 0.349 e. The van der Waals surface area contributed by atoms with E-state index in [1.807, 2.05) is 12.1 Å². The Morgan fingerprint density at radius 2 is 1.75 bits per heavy atom. The Morgan fingerprint density at radius 1 is 1.18 bits per heavy atom. The molecule has 0 saturated carbocycles. The molecule has 1 aromatic rings. The molecular weight excluding hydrogens is 380 g/mol. The van der Waals surface area contributed by atoms with Crippen LogP contribution in [-0.2, 0) is 14.3 Å². The summed E-state index contributed by atoms with van der Waals surface area (Å²) >= 11 is 1.08. The number of thiophene rings is 1. The Bertz CT molecular complexity index is 793. The molecule has 1 aromatic heterocycles. The fourth-order valence-electron chi connectivity index (χ4n) is 2.06. The third-order valence-corrected chi connectivity index (χ3v) is 4.82. The molecule has 28 heavy (non-hydrogen) atoms. The number of aryl methyl sites for hydroxylation is 1. The normalized spacial score (nSPS) is 10.5. The fourth-order valence-corrected chi connectivity index (χ4v) is 3.02. The lowest BCUT2D eigenvalue weighted by Crippen LogP contribution is -2.36. The van der Waals surface area contributed by atoms with E-state index in [0.29, 0.717) is 15.4 Å². The molecule has 8 nitrogen and oxygen atoms in total. The number of nitrogens with zero attached hydrogens (tertiary/aromatic N) is 3. The quantitative estimate of drug-likeness (QED) is 0.665. The van der Waals surface area contributed by atoms with Crippen LogP contribution in [-0.4, -0.2) is 42.4 Å². The highest BCUT2D eigenvalue weighted by Gasteiger charge is 2.24. The van der Waals surface area contributed by atoms with Crippen LogP contribution in [0, 0.1) is 35.0 Å². The van der Waals surface area contributed by atoms with Crippen molar-refractivity contribution < 1.29 is 19.1 Å². The molecule has 2 amide bonds. The van der Waals surface area contributed by atoms with Crippen LogP contribution in [0.2, 0.25) is 0 Å². The Kier molecular flexibility index (Phi) is 8.62. The molecule has 0 saturated heterocycles. The monoisotopic (exact) mass is 404 g/mol. The van der Waals surface area contributed by atoms with Gasteiger partial charge in [0, 0.05) is 18.5 Å². The summed E-state index contributed by atoms with van der Waals surface area (Å²) in [5.74, 6) is -1.29. The second-order valence-corrected chi connectivity index (χ2v) is 8.15. The Hall–Kier alpha value is -2.91. The number of hydrogen-bond acceptors (Lipinski definition) is 7. The van der Waals surface area contributed by atoms with Crippen molar-refractivity contribution in [2.75, 3.05) is 25.0 Å². The van der Waals surface area contributed by atoms with Crippen molar-refractivity contribution in [1.82, 2.24) is 4.90 Å². The largest absolute Gasteiger partial charge is 0.451 e. The average molecular weight is 404 g/mol. The number of carbonyl (C=O) groups excluding carboxylic acids is 3. The van der Waals surface area contributed by atoms with Gasteiger partial charge < -0.3 is 15.0 Å². The summed E-state index contributed by atoms with van der Waals surface area (Å²) in [6.07, 6.45) is 0.262. The molecule has 0 aliphatic carbocycles. The van der Waals surface area contributed by atoms with Crippen LogP contribution in [0.3, 0.4) is 0 Å². The van der Waals surface area contributed by atoms with Crippen LogP contribution < -0.4 is 5.32 Å². The second-order valence-electron chi connectivity index (χ2n) is 7.10. The highest BCUT2D eigenvalue weighted by Crippen LogP contribution is 2.29. The smallest absolute Gasteiger partial charge is 0.349 e. The molecule has 1 heterocycles. The summed E-state index contributed by atoms with van der Waals surface area (Å²) < 4.78 is 5.10. The Balaban J connectivity index is 2.72. The van der Waals surface area contributed by atoms with E-state index in [1.165, 1.54) is 4.90 Å². The van der Waals surface area contributed by atoms with Crippen molar-refractivity contribution in [2.24, 2.45) is 5.41 Å². The van der Waals surface area contributed by atoms with E-state index >= 15 is 0 Å². The van der Waals surface area contributed by atoms with E-state index in [1.54, 1.807) is 33.8 Å². The number of esters is 1. The molecular formula is C19H24N4O4S. The van der Waals surface area contributed by atoms with Gasteiger partial charge in [-0.3, -0.25) is 9.59 Å². The van der Waals surface area contributed by atoms with Gasteiger partial charge in [0.15, 0.2) is 6.61 Å². The van der Waals surface area contributed by atoms with E-state index in [2.05, 4.69) is 5.32 Å². The van der Waals surface area contributed by atoms with Gasteiger partial charge in [0.25, 0.3) is 5.91 Å².